The fraction of sp³-hybridized carbons (Fsp3) is 0.154. The maximum Gasteiger partial charge on any atom is 0.427 e. The van der Waals surface area contributed by atoms with E-state index in [0.29, 0.717) is 17.6 Å². The molecule has 1 heterocycles. The van der Waals surface area contributed by atoms with Crippen molar-refractivity contribution < 1.29 is 18.7 Å². The minimum atomic E-state index is -0.655. The number of methoxy groups -OCH3 is 1. The smallest absolute Gasteiger partial charge is 0.427 e. The largest absolute Gasteiger partial charge is 0.865 e. The Morgan fingerprint density at radius 2 is 2.24 bits per heavy atom. The van der Waals surface area contributed by atoms with Crippen LogP contribution in [0.5, 0.6) is 5.75 Å². The number of ether oxygens (including phenoxy) is 1. The first-order valence-corrected chi connectivity index (χ1v) is 5.11. The Labute approximate surface area is 98.4 Å². The highest BCUT2D eigenvalue weighted by Crippen LogP contribution is 2.35. The third-order valence-corrected chi connectivity index (χ3v) is 2.51. The normalized spacial score (nSPS) is 10.4. The van der Waals surface area contributed by atoms with Gasteiger partial charge in [0.1, 0.15) is 0 Å². The number of benzene rings is 1. The van der Waals surface area contributed by atoms with E-state index in [9.17, 15) is 9.90 Å². The first-order valence-electron chi connectivity index (χ1n) is 5.11. The molecule has 0 spiro atoms. The second kappa shape index (κ2) is 4.33. The molecule has 88 valence electrons. The van der Waals surface area contributed by atoms with Crippen molar-refractivity contribution >= 4 is 16.9 Å². The second-order valence-corrected chi connectivity index (χ2v) is 3.49. The molecule has 0 saturated carbocycles. The van der Waals surface area contributed by atoms with Crippen LogP contribution >= 0.6 is 0 Å². The molecule has 0 amide bonds. The van der Waals surface area contributed by atoms with Gasteiger partial charge in [-0.1, -0.05) is 18.7 Å². The predicted octanol–water partition coefficient (Wildman–Crippen LogP) is 2.17. The van der Waals surface area contributed by atoms with Crippen molar-refractivity contribution in [2.24, 2.45) is 0 Å². The van der Waals surface area contributed by atoms with E-state index in [-0.39, 0.29) is 11.5 Å². The number of fused-ring (bicyclic) bond motifs is 1. The molecule has 0 unspecified atom stereocenters. The number of allylic oxidation sites excluding steroid dienone is 1. The molecule has 0 radical (unpaired) electrons. The molecule has 0 aliphatic carbocycles. The molecule has 1 aromatic heterocycles. The van der Waals surface area contributed by atoms with Gasteiger partial charge in [-0.2, -0.15) is 0 Å². The molecule has 0 aliphatic heterocycles. The number of carbonyl (C=O) groups excluding carboxylic acids is 1. The van der Waals surface area contributed by atoms with Gasteiger partial charge in [-0.3, -0.25) is 0 Å². The summed E-state index contributed by atoms with van der Waals surface area (Å²) in [6, 6.07) is 6.99. The van der Waals surface area contributed by atoms with Crippen LogP contribution < -0.4 is 5.11 Å². The monoisotopic (exact) mass is 232 g/mol. The molecule has 0 bridgehead atoms. The van der Waals surface area contributed by atoms with Crippen LogP contribution in [0, 0.1) is 0 Å². The topological polar surface area (TPSA) is 52.1 Å². The summed E-state index contributed by atoms with van der Waals surface area (Å²) in [6.45, 7) is 3.92. The Balaban J connectivity index is 2.79. The third-order valence-electron chi connectivity index (χ3n) is 2.51. The number of carbonyl (C=O) groups is 1. The fourth-order valence-electron chi connectivity index (χ4n) is 1.79. The van der Waals surface area contributed by atoms with Gasteiger partial charge >= 0.3 is 11.7 Å². The maximum atomic E-state index is 12.0. The zero-order valence-corrected chi connectivity index (χ0v) is 9.43. The van der Waals surface area contributed by atoms with Crippen LogP contribution in [0.1, 0.15) is 10.6 Å². The van der Waals surface area contributed by atoms with Crippen LogP contribution in [0.15, 0.2) is 41.0 Å². The summed E-state index contributed by atoms with van der Waals surface area (Å²) in [5, 5.41) is 12.5. The lowest BCUT2D eigenvalue weighted by Crippen LogP contribution is -2.06. The van der Waals surface area contributed by atoms with Crippen LogP contribution in [0.3, 0.4) is 0 Å². The maximum absolute atomic E-state index is 12.0. The Morgan fingerprint density at radius 3 is 2.88 bits per heavy atom. The van der Waals surface area contributed by atoms with Crippen LogP contribution in [-0.2, 0) is 11.3 Å². The van der Waals surface area contributed by atoms with Crippen LogP contribution in [0.2, 0.25) is 0 Å². The molecule has 0 aliphatic rings. The van der Waals surface area contributed by atoms with Gasteiger partial charge in [-0.15, -0.1) is 0 Å². The summed E-state index contributed by atoms with van der Waals surface area (Å²) in [6.07, 6.45) is 1.60. The number of hydrogen-bond acceptors (Lipinski definition) is 3. The summed E-state index contributed by atoms with van der Waals surface area (Å²) in [7, 11) is 1.25. The Morgan fingerprint density at radius 1 is 1.53 bits per heavy atom. The van der Waals surface area contributed by atoms with Gasteiger partial charge in [0.2, 0.25) is 0 Å². The molecular weight excluding hydrogens is 220 g/mol. The van der Waals surface area contributed by atoms with Gasteiger partial charge in [0.25, 0.3) is 5.58 Å². The van der Waals surface area contributed by atoms with Crippen molar-refractivity contribution in [3.05, 3.63) is 42.7 Å². The van der Waals surface area contributed by atoms with Crippen LogP contribution in [-0.4, -0.2) is 13.1 Å². The Kier molecular flexibility index (Phi) is 2.87. The van der Waals surface area contributed by atoms with Crippen molar-refractivity contribution in [3.63, 3.8) is 0 Å². The van der Waals surface area contributed by atoms with Gasteiger partial charge < -0.3 is 13.9 Å². The molecular formula is C13H12O4. The molecule has 4 heteroatoms. The highest BCUT2D eigenvalue weighted by molar-refractivity contribution is 5.98. The predicted molar refractivity (Wildman–Crippen MR) is 61.8 cm³/mol. The summed E-state index contributed by atoms with van der Waals surface area (Å²) in [5.74, 6) is -1.02. The molecule has 0 fully saturated rings. The zero-order valence-electron chi connectivity index (χ0n) is 9.43. The van der Waals surface area contributed by atoms with Crippen LogP contribution in [0.4, 0.5) is 0 Å². The van der Waals surface area contributed by atoms with E-state index in [2.05, 4.69) is 15.4 Å². The summed E-state index contributed by atoms with van der Waals surface area (Å²) in [5.41, 5.74) is 0.637. The number of rotatable bonds is 3. The molecule has 0 saturated heterocycles. The summed E-state index contributed by atoms with van der Waals surface area (Å²) < 4.78 is 7.16. The minimum Gasteiger partial charge on any atom is -0.865 e. The van der Waals surface area contributed by atoms with Crippen molar-refractivity contribution in [1.29, 1.82) is 0 Å². The van der Waals surface area contributed by atoms with E-state index in [1.165, 1.54) is 7.11 Å². The molecule has 1 aromatic carbocycles. The number of hydrogen-bond donors (Lipinski definition) is 0. The van der Waals surface area contributed by atoms with E-state index >= 15 is 0 Å². The van der Waals surface area contributed by atoms with Crippen molar-refractivity contribution in [1.82, 2.24) is 0 Å². The number of esters is 1. The lowest BCUT2D eigenvalue weighted by atomic mass is 10.2. The van der Waals surface area contributed by atoms with Gasteiger partial charge in [0.15, 0.2) is 6.61 Å². The van der Waals surface area contributed by atoms with E-state index in [1.54, 1.807) is 30.3 Å². The quantitative estimate of drug-likeness (QED) is 0.463. The van der Waals surface area contributed by atoms with Gasteiger partial charge in [0.05, 0.1) is 12.5 Å². The third kappa shape index (κ3) is 1.67. The van der Waals surface area contributed by atoms with Gasteiger partial charge in [-0.25, -0.2) is 4.79 Å². The molecule has 2 rings (SSSR count). The second-order valence-electron chi connectivity index (χ2n) is 3.49. The fourth-order valence-corrected chi connectivity index (χ4v) is 1.79. The van der Waals surface area contributed by atoms with Crippen molar-refractivity contribution in [3.8, 4) is 5.75 Å². The van der Waals surface area contributed by atoms with E-state index in [0.717, 1.165) is 0 Å². The van der Waals surface area contributed by atoms with E-state index in [4.69, 9.17) is 0 Å². The SMILES string of the molecule is C=CC[o+]1c(C(=O)OC)c([O-])c2ccccc21. The highest BCUT2D eigenvalue weighted by atomic mass is 16.6. The summed E-state index contributed by atoms with van der Waals surface area (Å²) >= 11 is 0. The lowest BCUT2D eigenvalue weighted by Gasteiger charge is -2.06. The first kappa shape index (κ1) is 11.3. The highest BCUT2D eigenvalue weighted by Gasteiger charge is 2.26. The number of para-hydroxylation sites is 1. The molecule has 0 atom stereocenters. The summed E-state index contributed by atoms with van der Waals surface area (Å²) in [4.78, 5) is 11.6. The Bertz CT molecular complexity index is 580. The molecule has 0 N–H and O–H groups in total. The molecule has 4 nitrogen and oxygen atoms in total. The van der Waals surface area contributed by atoms with Crippen LogP contribution in [0.25, 0.3) is 11.0 Å². The Hall–Kier alpha value is -2.23. The standard InChI is InChI=1S/C13H12O4/c1-3-8-17-10-7-5-4-6-9(10)11(14)12(17)13(15)16-2/h3-7H,1,8H2,2H3. The number of furan rings is 1. The van der Waals surface area contributed by atoms with Gasteiger partial charge in [-0.05, 0) is 12.1 Å². The van der Waals surface area contributed by atoms with Gasteiger partial charge in [0, 0.05) is 11.8 Å². The van der Waals surface area contributed by atoms with Crippen molar-refractivity contribution in [2.45, 2.75) is 6.61 Å². The zero-order chi connectivity index (χ0) is 12.4. The molecule has 2 aromatic rings. The van der Waals surface area contributed by atoms with Crippen molar-refractivity contribution in [2.75, 3.05) is 7.11 Å². The van der Waals surface area contributed by atoms with E-state index < -0.39 is 5.97 Å². The lowest BCUT2D eigenvalue weighted by molar-refractivity contribution is -0.268. The average molecular weight is 232 g/mol. The molecule has 17 heavy (non-hydrogen) atoms. The average Bonchev–Trinajstić information content (AvgIpc) is 2.63. The van der Waals surface area contributed by atoms with E-state index in [1.807, 2.05) is 0 Å². The first-order chi connectivity index (χ1) is 8.20. The minimum absolute atomic E-state index is 0.0337.